The molecule has 0 spiro atoms. The van der Waals surface area contributed by atoms with Crippen molar-refractivity contribution < 1.29 is 62.7 Å². The summed E-state index contributed by atoms with van der Waals surface area (Å²) in [6.07, 6.45) is -3.25. The quantitative estimate of drug-likeness (QED) is 0.0832. The molecular formula is C21H32N2O13S. The van der Waals surface area contributed by atoms with Crippen molar-refractivity contribution in [3.63, 3.8) is 0 Å². The van der Waals surface area contributed by atoms with Crippen molar-refractivity contribution in [3.05, 3.63) is 0 Å². The van der Waals surface area contributed by atoms with E-state index in [-0.39, 0.29) is 6.42 Å². The topological polar surface area (TPSA) is 221 Å². The van der Waals surface area contributed by atoms with E-state index in [1.54, 1.807) is 6.26 Å². The van der Waals surface area contributed by atoms with Crippen LogP contribution in [0.2, 0.25) is 0 Å². The molecule has 0 unspecified atom stereocenters. The maximum atomic E-state index is 12.5. The molecule has 0 aromatic carbocycles. The number of amides is 2. The Balaban J connectivity index is 5.09. The lowest BCUT2D eigenvalue weighted by molar-refractivity contribution is -0.183. The van der Waals surface area contributed by atoms with Crippen LogP contribution in [-0.4, -0.2) is 108 Å². The number of hydrogen-bond donors (Lipinski definition) is 4. The van der Waals surface area contributed by atoms with E-state index in [1.807, 2.05) is 0 Å². The molecule has 37 heavy (non-hydrogen) atoms. The molecular weight excluding hydrogens is 520 g/mol. The molecule has 0 aromatic heterocycles. The SMILES string of the molecule is COC[C@H](OC(=O)[C@H](C)OC(=O)[C@H](CCSC)NC=O)C(=O)O[C@@H](C)C(=O)N[C@@H](CCC(=O)O)C(=O)O. The third-order valence-corrected chi connectivity index (χ3v) is 5.20. The highest BCUT2D eigenvalue weighted by atomic mass is 32.2. The second-order valence-electron chi connectivity index (χ2n) is 7.49. The van der Waals surface area contributed by atoms with Gasteiger partial charge in [0, 0.05) is 13.5 Å². The average Bonchev–Trinajstić information content (AvgIpc) is 2.83. The van der Waals surface area contributed by atoms with Crippen molar-refractivity contribution in [2.24, 2.45) is 0 Å². The molecule has 0 aromatic rings. The zero-order valence-electron chi connectivity index (χ0n) is 20.8. The number of thioether (sulfide) groups is 1. The van der Waals surface area contributed by atoms with Gasteiger partial charge in [-0.05, 0) is 38.7 Å². The van der Waals surface area contributed by atoms with Gasteiger partial charge in [0.15, 0.2) is 12.2 Å². The summed E-state index contributed by atoms with van der Waals surface area (Å²) in [5.74, 6) is -6.50. The lowest BCUT2D eigenvalue weighted by Crippen LogP contribution is -2.47. The summed E-state index contributed by atoms with van der Waals surface area (Å²) in [5.41, 5.74) is 0. The summed E-state index contributed by atoms with van der Waals surface area (Å²) < 4.78 is 19.8. The van der Waals surface area contributed by atoms with Crippen LogP contribution in [-0.2, 0) is 52.5 Å². The van der Waals surface area contributed by atoms with Crippen molar-refractivity contribution in [1.82, 2.24) is 10.6 Å². The minimum atomic E-state index is -1.67. The number of carbonyl (C=O) groups is 7. The van der Waals surface area contributed by atoms with Gasteiger partial charge in [0.1, 0.15) is 12.1 Å². The van der Waals surface area contributed by atoms with Gasteiger partial charge in [-0.3, -0.25) is 14.4 Å². The third-order valence-electron chi connectivity index (χ3n) is 4.55. The van der Waals surface area contributed by atoms with Crippen molar-refractivity contribution in [1.29, 1.82) is 0 Å². The van der Waals surface area contributed by atoms with Crippen LogP contribution in [0, 0.1) is 0 Å². The lowest BCUT2D eigenvalue weighted by Gasteiger charge is -2.22. The van der Waals surface area contributed by atoms with E-state index in [0.717, 1.165) is 6.92 Å². The molecule has 5 atom stereocenters. The van der Waals surface area contributed by atoms with Crippen LogP contribution >= 0.6 is 11.8 Å². The van der Waals surface area contributed by atoms with Crippen LogP contribution < -0.4 is 10.6 Å². The molecule has 0 rings (SSSR count). The fraction of sp³-hybridized carbons (Fsp3) is 0.667. The minimum absolute atomic E-state index is 0.248. The van der Waals surface area contributed by atoms with E-state index in [0.29, 0.717) is 12.2 Å². The first-order chi connectivity index (χ1) is 17.4. The number of methoxy groups -OCH3 is 1. The second-order valence-corrected chi connectivity index (χ2v) is 8.48. The van der Waals surface area contributed by atoms with E-state index in [1.165, 1.54) is 25.8 Å². The van der Waals surface area contributed by atoms with E-state index in [9.17, 15) is 33.6 Å². The fourth-order valence-corrected chi connectivity index (χ4v) is 3.02. The number of rotatable bonds is 19. The maximum absolute atomic E-state index is 12.5. The van der Waals surface area contributed by atoms with Crippen LogP contribution in [0.3, 0.4) is 0 Å². The van der Waals surface area contributed by atoms with Crippen LogP contribution in [0.15, 0.2) is 0 Å². The van der Waals surface area contributed by atoms with Crippen LogP contribution in [0.5, 0.6) is 0 Å². The highest BCUT2D eigenvalue weighted by Crippen LogP contribution is 2.09. The number of aliphatic carboxylic acids is 2. The third kappa shape index (κ3) is 13.5. The molecule has 0 aliphatic heterocycles. The van der Waals surface area contributed by atoms with Gasteiger partial charge in [-0.25, -0.2) is 19.2 Å². The molecule has 0 heterocycles. The van der Waals surface area contributed by atoms with Crippen molar-refractivity contribution >= 4 is 53.9 Å². The first kappa shape index (κ1) is 33.6. The van der Waals surface area contributed by atoms with Gasteiger partial charge in [-0.15, -0.1) is 0 Å². The average molecular weight is 553 g/mol. The Morgan fingerprint density at radius 1 is 0.892 bits per heavy atom. The van der Waals surface area contributed by atoms with Crippen molar-refractivity contribution in [3.8, 4) is 0 Å². The Labute approximate surface area is 216 Å². The minimum Gasteiger partial charge on any atom is -0.481 e. The van der Waals surface area contributed by atoms with E-state index < -0.39 is 85.6 Å². The van der Waals surface area contributed by atoms with Crippen LogP contribution in [0.4, 0.5) is 0 Å². The largest absolute Gasteiger partial charge is 0.481 e. The highest BCUT2D eigenvalue weighted by Gasteiger charge is 2.33. The number of ether oxygens (including phenoxy) is 4. The summed E-state index contributed by atoms with van der Waals surface area (Å²) >= 11 is 1.43. The molecule has 15 nitrogen and oxygen atoms in total. The Morgan fingerprint density at radius 2 is 1.51 bits per heavy atom. The van der Waals surface area contributed by atoms with Crippen molar-refractivity contribution in [2.45, 2.75) is 63.5 Å². The van der Waals surface area contributed by atoms with Gasteiger partial charge < -0.3 is 39.8 Å². The smallest absolute Gasteiger partial charge is 0.350 e. The molecule has 0 radical (unpaired) electrons. The van der Waals surface area contributed by atoms with Crippen LogP contribution in [0.1, 0.15) is 33.1 Å². The predicted octanol–water partition coefficient (Wildman–Crippen LogP) is -1.29. The van der Waals surface area contributed by atoms with E-state index >= 15 is 0 Å². The standard InChI is InChI=1S/C21H32N2O13S/c1-11(17(27)23-13(18(28)29)5-6-16(25)26)34-21(32)15(9-33-3)36-19(30)12(2)35-20(31)14(22-10-24)7-8-37-4/h10-15H,5-9H2,1-4H3,(H,22,24)(H,23,27)(H,25,26)(H,28,29)/t11-,12-,13-,14-,15-/m0/s1. The normalized spacial score (nSPS) is 14.6. The number of esters is 3. The fourth-order valence-electron chi connectivity index (χ4n) is 2.55. The summed E-state index contributed by atoms with van der Waals surface area (Å²) in [4.78, 5) is 81.9. The molecule has 0 fully saturated rings. The Morgan fingerprint density at radius 3 is 2.03 bits per heavy atom. The lowest BCUT2D eigenvalue weighted by atomic mass is 10.1. The van der Waals surface area contributed by atoms with Gasteiger partial charge >= 0.3 is 29.8 Å². The van der Waals surface area contributed by atoms with Gasteiger partial charge in [-0.2, -0.15) is 11.8 Å². The number of carboxylic acids is 2. The monoisotopic (exact) mass is 552 g/mol. The molecule has 0 saturated heterocycles. The van der Waals surface area contributed by atoms with Crippen LogP contribution in [0.25, 0.3) is 0 Å². The van der Waals surface area contributed by atoms with Gasteiger partial charge in [0.05, 0.1) is 6.61 Å². The first-order valence-electron chi connectivity index (χ1n) is 10.9. The van der Waals surface area contributed by atoms with Gasteiger partial charge in [0.25, 0.3) is 5.91 Å². The Bertz CT molecular complexity index is 822. The zero-order chi connectivity index (χ0) is 28.5. The number of nitrogens with one attached hydrogen (secondary N) is 2. The first-order valence-corrected chi connectivity index (χ1v) is 12.3. The Kier molecular flexibility index (Phi) is 16.3. The Hall–Kier alpha value is -3.40. The molecule has 4 N–H and O–H groups in total. The second kappa shape index (κ2) is 17.9. The molecule has 210 valence electrons. The molecule has 0 bridgehead atoms. The van der Waals surface area contributed by atoms with Crippen molar-refractivity contribution in [2.75, 3.05) is 25.7 Å². The number of carbonyl (C=O) groups excluding carboxylic acids is 5. The maximum Gasteiger partial charge on any atom is 0.350 e. The molecule has 0 saturated carbocycles. The van der Waals surface area contributed by atoms with E-state index in [4.69, 9.17) is 29.2 Å². The summed E-state index contributed by atoms with van der Waals surface area (Å²) in [6, 6.07) is -2.54. The molecule has 0 aliphatic carbocycles. The predicted molar refractivity (Wildman–Crippen MR) is 125 cm³/mol. The number of carboxylic acid groups (broad SMARTS) is 2. The summed E-state index contributed by atoms with van der Waals surface area (Å²) in [5, 5.41) is 22.2. The summed E-state index contributed by atoms with van der Waals surface area (Å²) in [7, 11) is 1.19. The molecule has 16 heteroatoms. The highest BCUT2D eigenvalue weighted by molar-refractivity contribution is 7.98. The summed E-state index contributed by atoms with van der Waals surface area (Å²) in [6.45, 7) is 1.81. The zero-order valence-corrected chi connectivity index (χ0v) is 21.6. The number of hydrogen-bond acceptors (Lipinski definition) is 12. The molecule has 0 aliphatic rings. The van der Waals surface area contributed by atoms with Gasteiger partial charge in [-0.1, -0.05) is 0 Å². The molecule has 2 amide bonds. The van der Waals surface area contributed by atoms with Gasteiger partial charge in [0.2, 0.25) is 12.5 Å². The van der Waals surface area contributed by atoms with E-state index in [2.05, 4.69) is 10.6 Å².